The third-order valence-electron chi connectivity index (χ3n) is 8.17. The average Bonchev–Trinajstić information content (AvgIpc) is 3.62. The van der Waals surface area contributed by atoms with Gasteiger partial charge in [-0.1, -0.05) is 54.1 Å². The maximum atomic E-state index is 12.7. The van der Waals surface area contributed by atoms with Gasteiger partial charge in [-0.15, -0.1) is 0 Å². The van der Waals surface area contributed by atoms with Crippen molar-refractivity contribution < 1.29 is 14.4 Å². The number of fused-ring (bicyclic) bond motifs is 1. The normalized spacial score (nSPS) is 21.2. The Bertz CT molecular complexity index is 1260. The third kappa shape index (κ3) is 5.25. The van der Waals surface area contributed by atoms with E-state index in [2.05, 4.69) is 34.5 Å². The standard InChI is InChI=1S/C29H33ClN4O3S/c30-23-8-6-22(7-9-23)28(20-37-18-21-4-2-1-3-5-21)13-15-34(16-14-28)27-31-24-10-17-38(36)25(24)26(32-27)33-29(19-35)11-12-29/h1-9,35H,10-20H2,(H,31,32,33). The fourth-order valence-electron chi connectivity index (χ4n) is 5.53. The molecule has 0 spiro atoms. The van der Waals surface area contributed by atoms with E-state index < -0.39 is 11.2 Å². The predicted octanol–water partition coefficient (Wildman–Crippen LogP) is 4.49. The molecule has 2 aromatic carbocycles. The molecule has 9 heteroatoms. The largest absolute Gasteiger partial charge is 0.611 e. The second kappa shape index (κ2) is 10.7. The van der Waals surface area contributed by atoms with Gasteiger partial charge in [-0.25, -0.2) is 4.98 Å². The van der Waals surface area contributed by atoms with E-state index >= 15 is 0 Å². The van der Waals surface area contributed by atoms with Gasteiger partial charge in [0.15, 0.2) is 5.82 Å². The average molecular weight is 553 g/mol. The van der Waals surface area contributed by atoms with Crippen molar-refractivity contribution in [2.24, 2.45) is 0 Å². The maximum absolute atomic E-state index is 12.7. The van der Waals surface area contributed by atoms with Crippen LogP contribution in [0.15, 0.2) is 59.5 Å². The molecule has 1 atom stereocenters. The lowest BCUT2D eigenvalue weighted by atomic mass is 9.73. The molecule has 1 aromatic heterocycles. The fraction of sp³-hybridized carbons (Fsp3) is 0.448. The SMILES string of the molecule is [O-][S+]1CCc2nc(N3CCC(COCc4ccccc4)(c4ccc(Cl)cc4)CC3)nc(NC3(CO)CC3)c21. The van der Waals surface area contributed by atoms with Gasteiger partial charge in [-0.05, 0) is 60.1 Å². The Hall–Kier alpha value is -2.36. The molecule has 0 radical (unpaired) electrons. The Labute approximate surface area is 231 Å². The monoisotopic (exact) mass is 552 g/mol. The van der Waals surface area contributed by atoms with Crippen LogP contribution in [0.4, 0.5) is 11.8 Å². The van der Waals surface area contributed by atoms with Crippen LogP contribution in [0.1, 0.15) is 42.5 Å². The molecule has 2 N–H and O–H groups in total. The number of anilines is 2. The molecular weight excluding hydrogens is 520 g/mol. The molecule has 200 valence electrons. The van der Waals surface area contributed by atoms with Gasteiger partial charge in [0.2, 0.25) is 10.8 Å². The van der Waals surface area contributed by atoms with Gasteiger partial charge in [0, 0.05) is 29.9 Å². The van der Waals surface area contributed by atoms with Crippen molar-refractivity contribution >= 4 is 34.5 Å². The van der Waals surface area contributed by atoms with E-state index in [0.29, 0.717) is 37.2 Å². The van der Waals surface area contributed by atoms with Crippen molar-refractivity contribution in [1.82, 2.24) is 9.97 Å². The minimum absolute atomic E-state index is 0.0457. The third-order valence-corrected chi connectivity index (χ3v) is 9.88. The number of aromatic nitrogens is 2. The molecule has 3 aliphatic rings. The number of nitrogens with one attached hydrogen (secondary N) is 1. The number of benzene rings is 2. The summed E-state index contributed by atoms with van der Waals surface area (Å²) in [6.07, 6.45) is 4.24. The Morgan fingerprint density at radius 3 is 2.45 bits per heavy atom. The summed E-state index contributed by atoms with van der Waals surface area (Å²) >= 11 is 5.11. The smallest absolute Gasteiger partial charge is 0.227 e. The van der Waals surface area contributed by atoms with E-state index in [9.17, 15) is 9.66 Å². The number of nitrogens with zero attached hydrogens (tertiary/aromatic N) is 3. The lowest BCUT2D eigenvalue weighted by molar-refractivity contribution is 0.0591. The Morgan fingerprint density at radius 2 is 1.76 bits per heavy atom. The van der Waals surface area contributed by atoms with E-state index in [1.165, 1.54) is 5.56 Å². The van der Waals surface area contributed by atoms with Crippen LogP contribution in [0.2, 0.25) is 5.02 Å². The summed E-state index contributed by atoms with van der Waals surface area (Å²) in [4.78, 5) is 12.7. The maximum Gasteiger partial charge on any atom is 0.227 e. The summed E-state index contributed by atoms with van der Waals surface area (Å²) in [6, 6.07) is 18.4. The zero-order chi connectivity index (χ0) is 26.2. The minimum Gasteiger partial charge on any atom is -0.611 e. The van der Waals surface area contributed by atoms with Crippen molar-refractivity contribution in [1.29, 1.82) is 0 Å². The molecule has 7 nitrogen and oxygen atoms in total. The van der Waals surface area contributed by atoms with Crippen LogP contribution in [0.25, 0.3) is 0 Å². The number of aliphatic hydroxyl groups excluding tert-OH is 1. The summed E-state index contributed by atoms with van der Waals surface area (Å²) < 4.78 is 19.0. The van der Waals surface area contributed by atoms with Crippen LogP contribution in [-0.2, 0) is 34.4 Å². The zero-order valence-corrected chi connectivity index (χ0v) is 22.9. The van der Waals surface area contributed by atoms with E-state index in [1.54, 1.807) is 0 Å². The predicted molar refractivity (Wildman–Crippen MR) is 150 cm³/mol. The first kappa shape index (κ1) is 25.9. The highest BCUT2D eigenvalue weighted by Gasteiger charge is 2.45. The highest BCUT2D eigenvalue weighted by Crippen LogP contribution is 2.42. The Kier molecular flexibility index (Phi) is 7.26. The van der Waals surface area contributed by atoms with Crippen LogP contribution in [-0.4, -0.2) is 57.2 Å². The first-order valence-corrected chi connectivity index (χ1v) is 15.0. The van der Waals surface area contributed by atoms with Crippen LogP contribution in [0.3, 0.4) is 0 Å². The van der Waals surface area contributed by atoms with Crippen molar-refractivity contribution in [3.63, 3.8) is 0 Å². The van der Waals surface area contributed by atoms with Crippen molar-refractivity contribution in [2.45, 2.75) is 54.6 Å². The zero-order valence-electron chi connectivity index (χ0n) is 21.4. The van der Waals surface area contributed by atoms with Crippen LogP contribution in [0.5, 0.6) is 0 Å². The molecular formula is C29H33ClN4O3S. The first-order valence-electron chi connectivity index (χ1n) is 13.3. The first-order chi connectivity index (χ1) is 18.5. The number of hydrogen-bond donors (Lipinski definition) is 2. The minimum atomic E-state index is -1.11. The van der Waals surface area contributed by atoms with Gasteiger partial charge in [0.25, 0.3) is 0 Å². The van der Waals surface area contributed by atoms with Crippen molar-refractivity contribution in [3.8, 4) is 0 Å². The highest BCUT2D eigenvalue weighted by molar-refractivity contribution is 7.91. The molecule has 0 bridgehead atoms. The molecule has 1 aliphatic carbocycles. The number of rotatable bonds is 9. The van der Waals surface area contributed by atoms with Gasteiger partial charge in [-0.2, -0.15) is 4.98 Å². The van der Waals surface area contributed by atoms with Gasteiger partial charge >= 0.3 is 0 Å². The second-order valence-corrected chi connectivity index (χ2v) is 12.7. The molecule has 2 aliphatic heterocycles. The molecule has 3 heterocycles. The summed E-state index contributed by atoms with van der Waals surface area (Å²) in [5.41, 5.74) is 2.79. The topological polar surface area (TPSA) is 93.6 Å². The molecule has 1 unspecified atom stereocenters. The van der Waals surface area contributed by atoms with Gasteiger partial charge in [0.05, 0.1) is 25.4 Å². The van der Waals surface area contributed by atoms with Crippen molar-refractivity contribution in [3.05, 3.63) is 76.4 Å². The number of halogens is 1. The van der Waals surface area contributed by atoms with E-state index in [4.69, 9.17) is 26.3 Å². The molecule has 1 saturated carbocycles. The quantitative estimate of drug-likeness (QED) is 0.378. The molecule has 3 aromatic rings. The van der Waals surface area contributed by atoms with Gasteiger partial charge < -0.3 is 24.6 Å². The number of hydrogen-bond acceptors (Lipinski definition) is 7. The summed E-state index contributed by atoms with van der Waals surface area (Å²) in [6.45, 7) is 2.80. The fourth-order valence-corrected chi connectivity index (χ4v) is 6.96. The lowest BCUT2D eigenvalue weighted by Gasteiger charge is -2.42. The summed E-state index contributed by atoms with van der Waals surface area (Å²) in [5, 5.41) is 14.0. The number of piperidine rings is 1. The van der Waals surface area contributed by atoms with Crippen LogP contribution < -0.4 is 10.2 Å². The molecule has 2 fully saturated rings. The van der Waals surface area contributed by atoms with E-state index in [-0.39, 0.29) is 17.6 Å². The number of aryl methyl sites for hydroxylation is 1. The summed E-state index contributed by atoms with van der Waals surface area (Å²) in [5.74, 6) is 1.88. The van der Waals surface area contributed by atoms with Crippen LogP contribution in [0, 0.1) is 0 Å². The number of aliphatic hydroxyl groups is 1. The molecule has 0 amide bonds. The second-order valence-electron chi connectivity index (χ2n) is 10.8. The van der Waals surface area contributed by atoms with E-state index in [0.717, 1.165) is 59.9 Å². The summed E-state index contributed by atoms with van der Waals surface area (Å²) in [7, 11) is 0. The molecule has 38 heavy (non-hydrogen) atoms. The number of ether oxygens (including phenoxy) is 1. The van der Waals surface area contributed by atoms with Gasteiger partial charge in [0.1, 0.15) is 11.4 Å². The Balaban J connectivity index is 1.22. The molecule has 6 rings (SSSR count). The lowest BCUT2D eigenvalue weighted by Crippen LogP contribution is -2.46. The molecule has 1 saturated heterocycles. The van der Waals surface area contributed by atoms with E-state index in [1.807, 2.05) is 30.3 Å². The van der Waals surface area contributed by atoms with Crippen molar-refractivity contribution in [2.75, 3.05) is 42.3 Å². The van der Waals surface area contributed by atoms with Gasteiger partial charge in [-0.3, -0.25) is 0 Å². The highest BCUT2D eigenvalue weighted by atomic mass is 35.5. The Morgan fingerprint density at radius 1 is 1.03 bits per heavy atom. The van der Waals surface area contributed by atoms with Crippen LogP contribution >= 0.6 is 11.6 Å².